The van der Waals surface area contributed by atoms with Crippen molar-refractivity contribution in [3.05, 3.63) is 161 Å². The lowest BCUT2D eigenvalue weighted by Gasteiger charge is -2.63. The third-order valence-electron chi connectivity index (χ3n) is 16.7. The molecule has 59 heavy (non-hydrogen) atoms. The summed E-state index contributed by atoms with van der Waals surface area (Å²) < 4.78 is 7.30. The molecule has 1 heterocycles. The molecule has 4 bridgehead atoms. The van der Waals surface area contributed by atoms with Gasteiger partial charge < -0.3 is 9.64 Å². The Morgan fingerprint density at radius 3 is 1.85 bits per heavy atom. The number of anilines is 3. The maximum Gasteiger partial charge on any atom is 0.139 e. The molecule has 0 unspecified atom stereocenters. The molecule has 7 aliphatic rings. The molecule has 0 N–H and O–H groups in total. The number of hydrogen-bond acceptors (Lipinski definition) is 2. The molecule has 0 amide bonds. The summed E-state index contributed by atoms with van der Waals surface area (Å²) in [6.07, 6.45) is 9.08. The molecule has 4 fully saturated rings. The second-order valence-corrected chi connectivity index (χ2v) is 21.2. The Hall–Kier alpha value is -5.08. The predicted octanol–water partition coefficient (Wildman–Crippen LogP) is 15.3. The van der Waals surface area contributed by atoms with Crippen molar-refractivity contribution in [1.82, 2.24) is 0 Å². The first-order valence-corrected chi connectivity index (χ1v) is 22.6. The quantitative estimate of drug-likeness (QED) is 0.177. The van der Waals surface area contributed by atoms with Gasteiger partial charge in [-0.2, -0.15) is 0 Å². The van der Waals surface area contributed by atoms with E-state index < -0.39 is 0 Å². The van der Waals surface area contributed by atoms with Gasteiger partial charge in [-0.05, 0) is 155 Å². The van der Waals surface area contributed by atoms with Crippen LogP contribution in [0.5, 0.6) is 11.5 Å². The normalized spacial score (nSPS) is 26.6. The SMILES string of the molecule is CC1(C)CCC(C)(C)c2c(N(c3ccc4c(c3)C(C)(C)c3ccccc3-4)c3ccc4c(c3)C3(c5cccc(-c6ccccc6)c5O4)C4CC5CC(C4)CC3C5)cccc21. The Morgan fingerprint density at radius 2 is 1.08 bits per heavy atom. The molecule has 2 nitrogen and oxygen atoms in total. The van der Waals surface area contributed by atoms with E-state index in [0.717, 1.165) is 29.8 Å². The second kappa shape index (κ2) is 12.2. The molecule has 0 atom stereocenters. The first kappa shape index (κ1) is 35.8. The summed E-state index contributed by atoms with van der Waals surface area (Å²) in [6.45, 7) is 14.7. The summed E-state index contributed by atoms with van der Waals surface area (Å²) in [6, 6.07) is 48.9. The van der Waals surface area contributed by atoms with E-state index in [1.807, 2.05) is 0 Å². The van der Waals surface area contributed by atoms with E-state index >= 15 is 0 Å². The molecule has 4 saturated carbocycles. The van der Waals surface area contributed by atoms with E-state index in [0.29, 0.717) is 11.8 Å². The molecule has 0 radical (unpaired) electrons. The Morgan fingerprint density at radius 1 is 0.492 bits per heavy atom. The van der Waals surface area contributed by atoms with Crippen molar-refractivity contribution in [2.45, 2.75) is 108 Å². The van der Waals surface area contributed by atoms with Crippen LogP contribution < -0.4 is 9.64 Å². The topological polar surface area (TPSA) is 12.5 Å². The average molecular weight is 772 g/mol. The van der Waals surface area contributed by atoms with Gasteiger partial charge in [-0.15, -0.1) is 0 Å². The van der Waals surface area contributed by atoms with E-state index in [2.05, 4.69) is 174 Å². The molecular weight excluding hydrogens is 715 g/mol. The number of ether oxygens (including phenoxy) is 1. The fraction of sp³-hybridized carbons (Fsp3) is 0.368. The van der Waals surface area contributed by atoms with Crippen LogP contribution in [0.25, 0.3) is 22.3 Å². The van der Waals surface area contributed by atoms with Crippen molar-refractivity contribution in [3.8, 4) is 33.8 Å². The number of hydrogen-bond donors (Lipinski definition) is 0. The van der Waals surface area contributed by atoms with Gasteiger partial charge in [0.1, 0.15) is 11.5 Å². The molecule has 0 saturated heterocycles. The fourth-order valence-corrected chi connectivity index (χ4v) is 14.1. The first-order valence-electron chi connectivity index (χ1n) is 22.6. The highest BCUT2D eigenvalue weighted by Crippen LogP contribution is 2.70. The van der Waals surface area contributed by atoms with Crippen molar-refractivity contribution in [2.75, 3.05) is 4.90 Å². The minimum Gasteiger partial charge on any atom is -0.456 e. The summed E-state index contributed by atoms with van der Waals surface area (Å²) in [5, 5.41) is 0. The van der Waals surface area contributed by atoms with Crippen LogP contribution in [-0.2, 0) is 21.7 Å². The van der Waals surface area contributed by atoms with Crippen molar-refractivity contribution >= 4 is 17.1 Å². The number of nitrogens with zero attached hydrogens (tertiary/aromatic N) is 1. The number of para-hydroxylation sites is 1. The zero-order valence-electron chi connectivity index (χ0n) is 35.7. The van der Waals surface area contributed by atoms with Crippen LogP contribution in [0.4, 0.5) is 17.1 Å². The number of fused-ring (bicyclic) bond motifs is 6. The minimum atomic E-state index is -0.0979. The monoisotopic (exact) mass is 771 g/mol. The Kier molecular flexibility index (Phi) is 7.44. The van der Waals surface area contributed by atoms with Gasteiger partial charge in [0.2, 0.25) is 0 Å². The lowest BCUT2D eigenvalue weighted by Crippen LogP contribution is -2.57. The lowest BCUT2D eigenvalue weighted by atomic mass is 9.41. The predicted molar refractivity (Wildman–Crippen MR) is 244 cm³/mol. The van der Waals surface area contributed by atoms with Crippen LogP contribution >= 0.6 is 0 Å². The van der Waals surface area contributed by atoms with Crippen molar-refractivity contribution in [1.29, 1.82) is 0 Å². The molecule has 1 spiro atoms. The van der Waals surface area contributed by atoms with Gasteiger partial charge in [0.15, 0.2) is 0 Å². The van der Waals surface area contributed by atoms with Gasteiger partial charge in [0.25, 0.3) is 0 Å². The van der Waals surface area contributed by atoms with Crippen LogP contribution in [-0.4, -0.2) is 0 Å². The Labute approximate surface area is 351 Å². The first-order chi connectivity index (χ1) is 28.4. The van der Waals surface area contributed by atoms with Gasteiger partial charge in [0.05, 0.1) is 5.69 Å². The van der Waals surface area contributed by atoms with Crippen LogP contribution in [0.2, 0.25) is 0 Å². The van der Waals surface area contributed by atoms with E-state index in [4.69, 9.17) is 4.74 Å². The number of benzene rings is 6. The molecule has 0 aromatic heterocycles. The second-order valence-electron chi connectivity index (χ2n) is 21.2. The molecule has 2 heteroatoms. The highest BCUT2D eigenvalue weighted by molar-refractivity contribution is 5.88. The van der Waals surface area contributed by atoms with Crippen molar-refractivity contribution in [3.63, 3.8) is 0 Å². The average Bonchev–Trinajstić information content (AvgIpc) is 3.46. The van der Waals surface area contributed by atoms with Gasteiger partial charge in [-0.1, -0.05) is 133 Å². The molecular formula is C57H57NO. The summed E-state index contributed by atoms with van der Waals surface area (Å²) >= 11 is 0. The van der Waals surface area contributed by atoms with Crippen LogP contribution in [0, 0.1) is 23.7 Å². The van der Waals surface area contributed by atoms with Crippen molar-refractivity contribution in [2.24, 2.45) is 23.7 Å². The fourth-order valence-electron chi connectivity index (χ4n) is 14.1. The third kappa shape index (κ3) is 4.92. The largest absolute Gasteiger partial charge is 0.456 e. The van der Waals surface area contributed by atoms with Crippen LogP contribution in [0.3, 0.4) is 0 Å². The minimum absolute atomic E-state index is 0.0265. The molecule has 6 aliphatic carbocycles. The number of rotatable bonds is 4. The molecule has 13 rings (SSSR count). The smallest absolute Gasteiger partial charge is 0.139 e. The Bertz CT molecular complexity index is 2670. The zero-order chi connectivity index (χ0) is 40.1. The summed E-state index contributed by atoms with van der Waals surface area (Å²) in [5.41, 5.74) is 17.6. The standard InChI is InChI=1S/C57H57NO/c1-54(2)26-27-55(3,4)52-46(54)19-13-21-50(52)58(40-22-24-44-43-16-10-11-18-45(43)56(5,6)48(44)33-40)41-23-25-51-49(34-41)57(38-29-35-28-36(31-38)32-39(57)30-35)47-20-12-17-42(53(47)59-51)37-14-8-7-9-15-37/h7-25,33-36,38-39H,26-32H2,1-6H3. The molecule has 1 aliphatic heterocycles. The molecule has 6 aromatic carbocycles. The summed E-state index contributed by atoms with van der Waals surface area (Å²) in [5.74, 6) is 5.08. The van der Waals surface area contributed by atoms with E-state index in [-0.39, 0.29) is 21.7 Å². The summed E-state index contributed by atoms with van der Waals surface area (Å²) in [7, 11) is 0. The maximum atomic E-state index is 7.30. The maximum absolute atomic E-state index is 7.30. The van der Waals surface area contributed by atoms with Gasteiger partial charge in [-0.3, -0.25) is 0 Å². The van der Waals surface area contributed by atoms with Gasteiger partial charge in [0, 0.05) is 38.9 Å². The highest BCUT2D eigenvalue weighted by atomic mass is 16.5. The molecule has 296 valence electrons. The molecule has 6 aromatic rings. The van der Waals surface area contributed by atoms with Crippen LogP contribution in [0.15, 0.2) is 127 Å². The van der Waals surface area contributed by atoms with Crippen molar-refractivity contribution < 1.29 is 4.74 Å². The summed E-state index contributed by atoms with van der Waals surface area (Å²) in [4.78, 5) is 2.65. The van der Waals surface area contributed by atoms with E-state index in [9.17, 15) is 0 Å². The highest BCUT2D eigenvalue weighted by Gasteiger charge is 2.61. The van der Waals surface area contributed by atoms with E-state index in [1.54, 1.807) is 0 Å². The van der Waals surface area contributed by atoms with E-state index in [1.165, 1.54) is 111 Å². The van der Waals surface area contributed by atoms with Crippen LogP contribution in [0.1, 0.15) is 120 Å². The third-order valence-corrected chi connectivity index (χ3v) is 16.7. The van der Waals surface area contributed by atoms with Gasteiger partial charge in [-0.25, -0.2) is 0 Å². The Balaban J connectivity index is 1.11. The van der Waals surface area contributed by atoms with Gasteiger partial charge >= 0.3 is 0 Å². The zero-order valence-corrected chi connectivity index (χ0v) is 35.7. The lowest BCUT2D eigenvalue weighted by molar-refractivity contribution is -0.0451.